The maximum absolute atomic E-state index is 14.2. The van der Waals surface area contributed by atoms with Gasteiger partial charge in [-0.2, -0.15) is 0 Å². The second-order valence-electron chi connectivity index (χ2n) is 9.28. The van der Waals surface area contributed by atoms with Crippen LogP contribution in [0.15, 0.2) is 84.2 Å². The van der Waals surface area contributed by atoms with Gasteiger partial charge in [-0.1, -0.05) is 36.4 Å². The molecule has 0 N–H and O–H groups in total. The molecule has 37 heavy (non-hydrogen) atoms. The van der Waals surface area contributed by atoms with Crippen LogP contribution in [0.1, 0.15) is 30.0 Å². The van der Waals surface area contributed by atoms with Gasteiger partial charge >= 0.3 is 0 Å². The molecule has 4 heterocycles. The molecular formula is C29H26F2N6. The lowest BCUT2D eigenvalue weighted by molar-refractivity contribution is 0.578. The number of nitrogens with zero attached hydrogens (tertiary/aromatic N) is 6. The Bertz CT molecular complexity index is 1380. The molecule has 2 aliphatic rings. The minimum atomic E-state index is -0.562. The lowest BCUT2D eigenvalue weighted by atomic mass is 10.0. The van der Waals surface area contributed by atoms with E-state index in [1.807, 2.05) is 61.1 Å². The van der Waals surface area contributed by atoms with E-state index in [0.29, 0.717) is 12.1 Å². The summed E-state index contributed by atoms with van der Waals surface area (Å²) in [6, 6.07) is 17.9. The minimum absolute atomic E-state index is 0.00277. The average Bonchev–Trinajstić information content (AvgIpc) is 3.44. The molecule has 6 rings (SSSR count). The van der Waals surface area contributed by atoms with E-state index in [-0.39, 0.29) is 11.6 Å². The third kappa shape index (κ3) is 4.79. The number of piperazine rings is 1. The fourth-order valence-electron chi connectivity index (χ4n) is 5.00. The molecule has 0 radical (unpaired) electrons. The second-order valence-corrected chi connectivity index (χ2v) is 9.28. The SMILES string of the molecule is Fc1cccc(F)c1C1=NC(c2ccc(-c3cnc(N4CCN(c5ccccn5)CC4)nc3)cc2)CC1. The van der Waals surface area contributed by atoms with Crippen LogP contribution in [0.4, 0.5) is 20.5 Å². The predicted octanol–water partition coefficient (Wildman–Crippen LogP) is 5.47. The van der Waals surface area contributed by atoms with Gasteiger partial charge in [-0.15, -0.1) is 0 Å². The van der Waals surface area contributed by atoms with Crippen LogP contribution in [0.2, 0.25) is 0 Å². The van der Waals surface area contributed by atoms with Crippen LogP contribution in [0.25, 0.3) is 11.1 Å². The Labute approximate surface area is 214 Å². The van der Waals surface area contributed by atoms with Crippen LogP contribution in [0.3, 0.4) is 0 Å². The molecule has 2 aromatic carbocycles. The summed E-state index contributed by atoms with van der Waals surface area (Å²) in [6.45, 7) is 3.42. The number of aliphatic imine (C=N–C) groups is 1. The highest BCUT2D eigenvalue weighted by Crippen LogP contribution is 2.33. The van der Waals surface area contributed by atoms with Crippen molar-refractivity contribution in [1.29, 1.82) is 0 Å². The van der Waals surface area contributed by atoms with E-state index in [0.717, 1.165) is 61.1 Å². The van der Waals surface area contributed by atoms with Crippen molar-refractivity contribution in [1.82, 2.24) is 15.0 Å². The predicted molar refractivity (Wildman–Crippen MR) is 141 cm³/mol. The summed E-state index contributed by atoms with van der Waals surface area (Å²) in [4.78, 5) is 22.8. The highest BCUT2D eigenvalue weighted by molar-refractivity contribution is 6.02. The molecule has 8 heteroatoms. The Morgan fingerprint density at radius 3 is 2.08 bits per heavy atom. The van der Waals surface area contributed by atoms with Gasteiger partial charge in [0.25, 0.3) is 0 Å². The number of anilines is 2. The van der Waals surface area contributed by atoms with Crippen LogP contribution >= 0.6 is 0 Å². The topological polar surface area (TPSA) is 57.5 Å². The van der Waals surface area contributed by atoms with E-state index in [1.54, 1.807) is 0 Å². The van der Waals surface area contributed by atoms with Gasteiger partial charge in [-0.3, -0.25) is 4.99 Å². The highest BCUT2D eigenvalue weighted by Gasteiger charge is 2.24. The average molecular weight is 497 g/mol. The molecular weight excluding hydrogens is 470 g/mol. The van der Waals surface area contributed by atoms with E-state index >= 15 is 0 Å². The van der Waals surface area contributed by atoms with Gasteiger partial charge in [0.15, 0.2) is 0 Å². The standard InChI is InChI=1S/C29H26F2N6/c30-23-4-3-5-24(31)28(23)26-12-11-25(35-26)21-9-7-20(8-10-21)22-18-33-29(34-19-22)37-16-14-36(15-17-37)27-6-1-2-13-32-27/h1-10,13,18-19,25H,11-12,14-17H2. The number of aromatic nitrogens is 3. The summed E-state index contributed by atoms with van der Waals surface area (Å²) in [5.41, 5.74) is 3.47. The molecule has 6 nitrogen and oxygen atoms in total. The maximum atomic E-state index is 14.2. The smallest absolute Gasteiger partial charge is 0.225 e. The van der Waals surface area contributed by atoms with E-state index in [1.165, 1.54) is 18.2 Å². The summed E-state index contributed by atoms with van der Waals surface area (Å²) in [7, 11) is 0. The molecule has 186 valence electrons. The van der Waals surface area contributed by atoms with Crippen LogP contribution < -0.4 is 9.80 Å². The maximum Gasteiger partial charge on any atom is 0.225 e. The molecule has 0 saturated carbocycles. The van der Waals surface area contributed by atoms with Crippen molar-refractivity contribution >= 4 is 17.5 Å². The third-order valence-electron chi connectivity index (χ3n) is 7.02. The largest absolute Gasteiger partial charge is 0.353 e. The van der Waals surface area contributed by atoms with E-state index in [4.69, 9.17) is 0 Å². The Kier molecular flexibility index (Phi) is 6.30. The van der Waals surface area contributed by atoms with Crippen molar-refractivity contribution < 1.29 is 8.78 Å². The summed E-state index contributed by atoms with van der Waals surface area (Å²) < 4.78 is 28.3. The molecule has 0 bridgehead atoms. The molecule has 1 saturated heterocycles. The van der Waals surface area contributed by atoms with Gasteiger partial charge in [-0.05, 0) is 48.2 Å². The van der Waals surface area contributed by atoms with Crippen molar-refractivity contribution in [2.24, 2.45) is 4.99 Å². The molecule has 2 aliphatic heterocycles. The van der Waals surface area contributed by atoms with Crippen molar-refractivity contribution in [3.8, 4) is 11.1 Å². The Morgan fingerprint density at radius 1 is 0.703 bits per heavy atom. The van der Waals surface area contributed by atoms with Gasteiger partial charge in [0.1, 0.15) is 17.5 Å². The Balaban J connectivity index is 1.11. The van der Waals surface area contributed by atoms with Gasteiger partial charge in [0.2, 0.25) is 5.95 Å². The first kappa shape index (κ1) is 23.2. The molecule has 0 amide bonds. The number of hydrogen-bond donors (Lipinski definition) is 0. The molecule has 2 aromatic heterocycles. The summed E-state index contributed by atoms with van der Waals surface area (Å²) >= 11 is 0. The van der Waals surface area contributed by atoms with E-state index < -0.39 is 11.6 Å². The molecule has 0 spiro atoms. The molecule has 0 aliphatic carbocycles. The first-order valence-electron chi connectivity index (χ1n) is 12.5. The Morgan fingerprint density at radius 2 is 1.41 bits per heavy atom. The molecule has 4 aromatic rings. The summed E-state index contributed by atoms with van der Waals surface area (Å²) in [6.07, 6.45) is 6.81. The zero-order valence-electron chi connectivity index (χ0n) is 20.3. The van der Waals surface area contributed by atoms with Crippen LogP contribution in [0.5, 0.6) is 0 Å². The first-order chi connectivity index (χ1) is 18.2. The van der Waals surface area contributed by atoms with E-state index in [9.17, 15) is 8.78 Å². The lowest BCUT2D eigenvalue weighted by Gasteiger charge is -2.35. The van der Waals surface area contributed by atoms with Crippen LogP contribution in [-0.2, 0) is 0 Å². The fourth-order valence-corrected chi connectivity index (χ4v) is 5.00. The van der Waals surface area contributed by atoms with Gasteiger partial charge in [0.05, 0.1) is 11.6 Å². The zero-order chi connectivity index (χ0) is 25.2. The van der Waals surface area contributed by atoms with Crippen molar-refractivity contribution in [3.05, 3.63) is 102 Å². The first-order valence-corrected chi connectivity index (χ1v) is 12.5. The third-order valence-corrected chi connectivity index (χ3v) is 7.02. The number of hydrogen-bond acceptors (Lipinski definition) is 6. The van der Waals surface area contributed by atoms with Crippen LogP contribution in [-0.4, -0.2) is 46.8 Å². The highest BCUT2D eigenvalue weighted by atomic mass is 19.1. The summed E-state index contributed by atoms with van der Waals surface area (Å²) in [5.74, 6) is 0.608. The second kappa shape index (κ2) is 10.0. The minimum Gasteiger partial charge on any atom is -0.353 e. The van der Waals surface area contributed by atoms with Crippen molar-refractivity contribution in [3.63, 3.8) is 0 Å². The normalized spacial score (nSPS) is 17.7. The number of benzene rings is 2. The van der Waals surface area contributed by atoms with Crippen LogP contribution in [0, 0.1) is 11.6 Å². The van der Waals surface area contributed by atoms with Gasteiger partial charge < -0.3 is 9.80 Å². The number of pyridine rings is 1. The Hall–Kier alpha value is -4.20. The molecule has 1 atom stereocenters. The number of halogens is 2. The fraction of sp³-hybridized carbons (Fsp3) is 0.241. The van der Waals surface area contributed by atoms with Gasteiger partial charge in [-0.25, -0.2) is 23.7 Å². The van der Waals surface area contributed by atoms with Crippen molar-refractivity contribution in [2.75, 3.05) is 36.0 Å². The zero-order valence-corrected chi connectivity index (χ0v) is 20.3. The van der Waals surface area contributed by atoms with Crippen molar-refractivity contribution in [2.45, 2.75) is 18.9 Å². The number of rotatable bonds is 5. The summed E-state index contributed by atoms with van der Waals surface area (Å²) in [5, 5.41) is 0. The quantitative estimate of drug-likeness (QED) is 0.367. The molecule has 1 fully saturated rings. The molecule has 1 unspecified atom stereocenters. The van der Waals surface area contributed by atoms with Gasteiger partial charge in [0, 0.05) is 56.0 Å². The lowest BCUT2D eigenvalue weighted by Crippen LogP contribution is -2.47. The monoisotopic (exact) mass is 496 g/mol. The van der Waals surface area contributed by atoms with E-state index in [2.05, 4.69) is 29.7 Å².